The van der Waals surface area contributed by atoms with Gasteiger partial charge in [0.25, 0.3) is 20.2 Å². The molecule has 16 heteroatoms. The van der Waals surface area contributed by atoms with E-state index in [2.05, 4.69) is 34.4 Å². The standard InChI is InChI=1S/C48H51N3O10S3/c1-11-50-38-19-16-33-28(3)23-31(63(54,55)56)24-35(33)43(38)47(7,8)41(50)21-14-29(37-18-13-30(27-49-37)45(52)46(4,5)6)15-22-42-48(9,10)44-36-25-32(64(57,58)59)26-40(62-61-60-53)34(36)17-20-39(44)51(42)12-2/h13-27H,11-12H2,1-10H3,(H2-,53,54,55,56,57,58,59)/p+1. The number of Topliss-reactive ketones (excluding diaryl/α,β-unsaturated/α-hetero) is 1. The third-order valence-electron chi connectivity index (χ3n) is 12.3. The summed E-state index contributed by atoms with van der Waals surface area (Å²) in [5.41, 5.74) is 5.88. The number of aryl methyl sites for hydroxylation is 1. The van der Waals surface area contributed by atoms with Gasteiger partial charge in [0.15, 0.2) is 11.5 Å². The number of hydrogen-bond acceptors (Lipinski definition) is 11. The van der Waals surface area contributed by atoms with Gasteiger partial charge in [-0.3, -0.25) is 18.9 Å². The Labute approximate surface area is 378 Å². The summed E-state index contributed by atoms with van der Waals surface area (Å²) in [7, 11) is -9.12. The molecule has 0 amide bonds. The first kappa shape index (κ1) is 46.9. The highest BCUT2D eigenvalue weighted by atomic mass is 32.2. The van der Waals surface area contributed by atoms with Crippen molar-refractivity contribution in [3.63, 3.8) is 0 Å². The van der Waals surface area contributed by atoms with E-state index in [1.165, 1.54) is 18.2 Å². The number of fused-ring (bicyclic) bond motifs is 6. The number of allylic oxidation sites excluding steroid dienone is 6. The van der Waals surface area contributed by atoms with E-state index in [1.54, 1.807) is 18.3 Å². The summed E-state index contributed by atoms with van der Waals surface area (Å²) in [6.45, 7) is 20.9. The molecule has 0 atom stereocenters. The molecule has 3 heterocycles. The summed E-state index contributed by atoms with van der Waals surface area (Å²) >= 11 is 0.604. The number of hydrogen-bond donors (Lipinski definition) is 3. The number of carbonyl (C=O) groups excluding carboxylic acids is 1. The van der Waals surface area contributed by atoms with Gasteiger partial charge in [0.1, 0.15) is 6.54 Å². The van der Waals surface area contributed by atoms with Crippen molar-refractivity contribution in [3.8, 4) is 0 Å². The molecule has 4 aromatic carbocycles. The Kier molecular flexibility index (Phi) is 12.3. The Morgan fingerprint density at radius 2 is 1.50 bits per heavy atom. The number of rotatable bonds is 12. The fraction of sp³-hybridized carbons (Fsp3) is 0.312. The van der Waals surface area contributed by atoms with E-state index >= 15 is 0 Å². The second-order valence-electron chi connectivity index (χ2n) is 18.1. The Morgan fingerprint density at radius 1 is 0.859 bits per heavy atom. The molecule has 2 aliphatic heterocycles. The Morgan fingerprint density at radius 3 is 2.08 bits per heavy atom. The first-order valence-electron chi connectivity index (χ1n) is 20.7. The maximum atomic E-state index is 13.3. The third-order valence-corrected chi connectivity index (χ3v) is 14.6. The van der Waals surface area contributed by atoms with Gasteiger partial charge in [0, 0.05) is 68.7 Å². The van der Waals surface area contributed by atoms with Crippen molar-refractivity contribution in [2.75, 3.05) is 18.0 Å². The van der Waals surface area contributed by atoms with Crippen molar-refractivity contribution < 1.29 is 49.9 Å². The molecular formula is C48H52N3O10S3+. The molecule has 0 saturated carbocycles. The molecule has 5 aromatic rings. The van der Waals surface area contributed by atoms with E-state index in [-0.39, 0.29) is 15.6 Å². The molecule has 2 aliphatic rings. The predicted octanol–water partition coefficient (Wildman–Crippen LogP) is 10.6. The highest BCUT2D eigenvalue weighted by molar-refractivity contribution is 7.94. The Hall–Kier alpha value is -5.04. The first-order chi connectivity index (χ1) is 29.9. The lowest BCUT2D eigenvalue weighted by atomic mass is 9.79. The van der Waals surface area contributed by atoms with Crippen molar-refractivity contribution in [2.24, 2.45) is 5.41 Å². The average molecular weight is 927 g/mol. The zero-order valence-corrected chi connectivity index (χ0v) is 39.8. The summed E-state index contributed by atoms with van der Waals surface area (Å²) in [4.78, 5) is 20.1. The molecule has 0 unspecified atom stereocenters. The topological polar surface area (TPSA) is 184 Å². The van der Waals surface area contributed by atoms with Crippen LogP contribution in [0.25, 0.3) is 27.1 Å². The summed E-state index contributed by atoms with van der Waals surface area (Å²) in [6, 6.07) is 17.1. The van der Waals surface area contributed by atoms with Crippen molar-refractivity contribution >= 4 is 82.3 Å². The normalized spacial score (nSPS) is 17.0. The first-order valence-corrected chi connectivity index (χ1v) is 24.3. The van der Waals surface area contributed by atoms with Gasteiger partial charge in [0.05, 0.1) is 32.9 Å². The van der Waals surface area contributed by atoms with Gasteiger partial charge >= 0.3 is 0 Å². The van der Waals surface area contributed by atoms with E-state index in [4.69, 9.17) is 14.6 Å². The van der Waals surface area contributed by atoms with Crippen molar-refractivity contribution in [1.29, 1.82) is 0 Å². The molecule has 0 fully saturated rings. The molecule has 13 nitrogen and oxygen atoms in total. The number of carbonyl (C=O) groups is 1. The van der Waals surface area contributed by atoms with E-state index in [1.807, 2.05) is 104 Å². The third kappa shape index (κ3) is 8.26. The van der Waals surface area contributed by atoms with Gasteiger partial charge in [-0.2, -0.15) is 21.4 Å². The molecule has 0 saturated heterocycles. The molecule has 7 rings (SSSR count). The summed E-state index contributed by atoms with van der Waals surface area (Å²) < 4.78 is 76.9. The maximum absolute atomic E-state index is 13.3. The lowest BCUT2D eigenvalue weighted by Gasteiger charge is -2.26. The highest BCUT2D eigenvalue weighted by Crippen LogP contribution is 2.52. The minimum absolute atomic E-state index is 0.0422. The number of anilines is 1. The highest BCUT2D eigenvalue weighted by Gasteiger charge is 2.46. The van der Waals surface area contributed by atoms with Gasteiger partial charge in [-0.05, 0) is 128 Å². The molecular weight excluding hydrogens is 875 g/mol. The van der Waals surface area contributed by atoms with E-state index in [0.717, 1.165) is 50.2 Å². The van der Waals surface area contributed by atoms with Crippen LogP contribution in [0.1, 0.15) is 95.1 Å². The number of likely N-dealkylation sites (N-methyl/N-ethyl adjacent to an activating group) is 1. The number of pyridine rings is 1. The largest absolute Gasteiger partial charge is 0.344 e. The summed E-state index contributed by atoms with van der Waals surface area (Å²) in [5.74, 6) is -0.0422. The van der Waals surface area contributed by atoms with Crippen molar-refractivity contribution in [1.82, 2.24) is 4.98 Å². The van der Waals surface area contributed by atoms with Crippen LogP contribution in [0.3, 0.4) is 0 Å². The molecule has 1 aromatic heterocycles. The van der Waals surface area contributed by atoms with Crippen LogP contribution in [0.4, 0.5) is 11.4 Å². The molecule has 0 bridgehead atoms. The number of nitrogens with zero attached hydrogens (tertiary/aromatic N) is 3. The van der Waals surface area contributed by atoms with Crippen molar-refractivity contribution in [3.05, 3.63) is 125 Å². The zero-order chi connectivity index (χ0) is 46.9. The quantitative estimate of drug-likeness (QED) is 0.0204. The number of benzene rings is 4. The van der Waals surface area contributed by atoms with Gasteiger partial charge < -0.3 is 4.90 Å². The Bertz CT molecular complexity index is 3120. The van der Waals surface area contributed by atoms with Gasteiger partial charge in [-0.15, -0.1) is 4.33 Å². The van der Waals surface area contributed by atoms with Gasteiger partial charge in [-0.1, -0.05) is 51.8 Å². The SMILES string of the molecule is CCN1/C(=C/C=C(/C=C/C2=[N+](CC)c3ccc4c(SOOO)cc(S(=O)(=O)O)cc4c3C2(C)C)c2ccc(C(=O)C(C)(C)C)cn2)C(C)(C)c2c1ccc1c(C)cc(S(=O)(=O)O)cc21. The second-order valence-corrected chi connectivity index (χ2v) is 21.7. The van der Waals surface area contributed by atoms with Crippen LogP contribution in [-0.4, -0.2) is 65.3 Å². The van der Waals surface area contributed by atoms with Crippen LogP contribution in [0.5, 0.6) is 0 Å². The van der Waals surface area contributed by atoms with Crippen LogP contribution in [0.2, 0.25) is 0 Å². The van der Waals surface area contributed by atoms with E-state index in [9.17, 15) is 30.7 Å². The summed E-state index contributed by atoms with van der Waals surface area (Å²) in [6.07, 6.45) is 9.61. The van der Waals surface area contributed by atoms with Gasteiger partial charge in [-0.25, -0.2) is 5.26 Å². The number of ketones is 1. The maximum Gasteiger partial charge on any atom is 0.294 e. The van der Waals surface area contributed by atoms with Crippen LogP contribution in [0.15, 0.2) is 112 Å². The zero-order valence-electron chi connectivity index (χ0n) is 37.3. The Balaban J connectivity index is 1.41. The van der Waals surface area contributed by atoms with Crippen LogP contribution >= 0.6 is 12.0 Å². The molecule has 3 N–H and O–H groups in total. The fourth-order valence-electron chi connectivity index (χ4n) is 9.29. The van der Waals surface area contributed by atoms with Crippen LogP contribution in [0, 0.1) is 12.3 Å². The van der Waals surface area contributed by atoms with Crippen LogP contribution < -0.4 is 4.90 Å². The monoisotopic (exact) mass is 926 g/mol. The lowest BCUT2D eigenvalue weighted by Crippen LogP contribution is -2.27. The second kappa shape index (κ2) is 16.7. The average Bonchev–Trinajstić information content (AvgIpc) is 3.59. The molecule has 0 radical (unpaired) electrons. The molecule has 0 spiro atoms. The predicted molar refractivity (Wildman–Crippen MR) is 251 cm³/mol. The fourth-order valence-corrected chi connectivity index (χ4v) is 11.0. The minimum atomic E-state index is -4.65. The molecule has 336 valence electrons. The minimum Gasteiger partial charge on any atom is -0.344 e. The van der Waals surface area contributed by atoms with Gasteiger partial charge in [0.2, 0.25) is 5.69 Å². The van der Waals surface area contributed by atoms with Crippen LogP contribution in [-0.2, 0) is 40.4 Å². The van der Waals surface area contributed by atoms with E-state index in [0.29, 0.717) is 57.6 Å². The number of aromatic nitrogens is 1. The van der Waals surface area contributed by atoms with Crippen molar-refractivity contribution in [2.45, 2.75) is 94.8 Å². The summed E-state index contributed by atoms with van der Waals surface area (Å²) in [5, 5.41) is 15.5. The van der Waals surface area contributed by atoms with E-state index < -0.39 is 36.5 Å². The molecule has 0 aliphatic carbocycles. The smallest absolute Gasteiger partial charge is 0.294 e. The molecule has 64 heavy (non-hydrogen) atoms. The lowest BCUT2D eigenvalue weighted by molar-refractivity contribution is -0.433.